The number of rotatable bonds is 7. The van der Waals surface area contributed by atoms with E-state index in [4.69, 9.17) is 12.2 Å². The van der Waals surface area contributed by atoms with Gasteiger partial charge in [-0.3, -0.25) is 9.69 Å². The zero-order chi connectivity index (χ0) is 30.7. The maximum absolute atomic E-state index is 12.8. The fraction of sp³-hybridized carbons (Fsp3) is 0.233. The molecule has 0 saturated carbocycles. The highest BCUT2D eigenvalue weighted by Crippen LogP contribution is 2.34. The topological polar surface area (TPSA) is 84.6 Å². The molecule has 1 fully saturated rings. The van der Waals surface area contributed by atoms with Gasteiger partial charge in [0, 0.05) is 12.1 Å². The summed E-state index contributed by atoms with van der Waals surface area (Å²) in [5.74, 6) is 0.648. The van der Waals surface area contributed by atoms with E-state index < -0.39 is 6.36 Å². The lowest BCUT2D eigenvalue weighted by Crippen LogP contribution is -2.32. The van der Waals surface area contributed by atoms with Crippen LogP contribution >= 0.6 is 24.0 Å². The van der Waals surface area contributed by atoms with Gasteiger partial charge >= 0.3 is 6.36 Å². The van der Waals surface area contributed by atoms with Crippen molar-refractivity contribution >= 4 is 45.9 Å². The van der Waals surface area contributed by atoms with Crippen molar-refractivity contribution in [2.24, 2.45) is 4.99 Å². The minimum absolute atomic E-state index is 0.0311. The van der Waals surface area contributed by atoms with Crippen LogP contribution in [0.15, 0.2) is 78.0 Å². The molecule has 2 heterocycles. The Morgan fingerprint density at radius 1 is 1.12 bits per heavy atom. The molecule has 0 unspecified atom stereocenters. The van der Waals surface area contributed by atoms with E-state index in [0.29, 0.717) is 29.0 Å². The van der Waals surface area contributed by atoms with Crippen LogP contribution in [0.3, 0.4) is 0 Å². The summed E-state index contributed by atoms with van der Waals surface area (Å²) in [5.41, 5.74) is 5.28. The maximum Gasteiger partial charge on any atom is 0.573 e. The van der Waals surface area contributed by atoms with E-state index in [1.807, 2.05) is 43.3 Å². The number of thioether (sulfide) groups is 1. The van der Waals surface area contributed by atoms with Crippen molar-refractivity contribution in [2.45, 2.75) is 39.6 Å². The summed E-state index contributed by atoms with van der Waals surface area (Å²) in [6.45, 7) is 6.65. The minimum atomic E-state index is -4.75. The van der Waals surface area contributed by atoms with Crippen molar-refractivity contribution < 1.29 is 22.7 Å². The molecule has 3 aromatic carbocycles. The minimum Gasteiger partial charge on any atom is -0.406 e. The lowest BCUT2D eigenvalue weighted by molar-refractivity contribution is -0.274. The highest BCUT2D eigenvalue weighted by Gasteiger charge is 2.32. The van der Waals surface area contributed by atoms with Gasteiger partial charge in [0.05, 0.1) is 17.1 Å². The summed E-state index contributed by atoms with van der Waals surface area (Å²) < 4.78 is 42.6. The molecule has 13 heteroatoms. The van der Waals surface area contributed by atoms with Crippen LogP contribution in [0, 0.1) is 6.92 Å². The number of carbonyl (C=O) groups is 1. The van der Waals surface area contributed by atoms with Crippen molar-refractivity contribution in [1.29, 1.82) is 0 Å². The number of thiocarbonyl (C=S) groups is 1. The Balaban J connectivity index is 1.22. The summed E-state index contributed by atoms with van der Waals surface area (Å²) in [6, 6.07) is 18.9. The molecular weight excluding hydrogens is 597 g/mol. The number of anilines is 1. The highest BCUT2D eigenvalue weighted by atomic mass is 32.2. The van der Waals surface area contributed by atoms with Crippen LogP contribution in [0.5, 0.6) is 5.75 Å². The number of nitrogens with one attached hydrogen (secondary N) is 1. The molecule has 1 aromatic heterocycles. The van der Waals surface area contributed by atoms with Gasteiger partial charge < -0.3 is 10.1 Å². The van der Waals surface area contributed by atoms with Crippen LogP contribution < -0.4 is 15.0 Å². The van der Waals surface area contributed by atoms with E-state index in [2.05, 4.69) is 45.0 Å². The number of amides is 1. The smallest absolute Gasteiger partial charge is 0.406 e. The summed E-state index contributed by atoms with van der Waals surface area (Å²) in [5, 5.41) is 8.39. The van der Waals surface area contributed by atoms with Gasteiger partial charge in [0.25, 0.3) is 0 Å². The number of benzene rings is 3. The zero-order valence-electron chi connectivity index (χ0n) is 23.4. The molecule has 0 aliphatic carbocycles. The SMILES string of the molecule is Cc1ccc(N2C(=O)CSC2=NC(=S)NCc2ccc(-c3ncn(-c4ccc(OC(F)(F)F)cc4)n3)cc2)c(C(C)C)c1. The molecule has 1 amide bonds. The first kappa shape index (κ1) is 30.2. The Morgan fingerprint density at radius 2 is 1.84 bits per heavy atom. The summed E-state index contributed by atoms with van der Waals surface area (Å²) in [7, 11) is 0. The van der Waals surface area contributed by atoms with Crippen molar-refractivity contribution in [3.63, 3.8) is 0 Å². The predicted molar refractivity (Wildman–Crippen MR) is 166 cm³/mol. The lowest BCUT2D eigenvalue weighted by atomic mass is 9.98. The van der Waals surface area contributed by atoms with Crippen LogP contribution in [0.1, 0.15) is 36.5 Å². The maximum atomic E-state index is 12.8. The third kappa shape index (κ3) is 7.41. The Bertz CT molecular complexity index is 1670. The third-order valence-corrected chi connectivity index (χ3v) is 7.65. The second-order valence-electron chi connectivity index (χ2n) is 10.0. The van der Waals surface area contributed by atoms with Gasteiger partial charge in [-0.25, -0.2) is 9.67 Å². The molecule has 4 aromatic rings. The first-order valence-corrected chi connectivity index (χ1v) is 14.7. The molecule has 1 N–H and O–H groups in total. The van der Waals surface area contributed by atoms with Crippen LogP contribution in [0.2, 0.25) is 0 Å². The van der Waals surface area contributed by atoms with E-state index in [9.17, 15) is 18.0 Å². The van der Waals surface area contributed by atoms with Crippen LogP contribution in [0.25, 0.3) is 17.1 Å². The number of carbonyl (C=O) groups excluding carboxylic acids is 1. The number of halogens is 3. The molecule has 5 rings (SSSR count). The van der Waals surface area contributed by atoms with Gasteiger partial charge in [-0.05, 0) is 66.5 Å². The monoisotopic (exact) mass is 624 g/mol. The molecule has 0 spiro atoms. The van der Waals surface area contributed by atoms with E-state index in [-0.39, 0.29) is 22.7 Å². The van der Waals surface area contributed by atoms with E-state index in [1.54, 1.807) is 4.90 Å². The number of ether oxygens (including phenoxy) is 1. The first-order chi connectivity index (χ1) is 20.5. The molecule has 0 bridgehead atoms. The fourth-order valence-electron chi connectivity index (χ4n) is 4.42. The highest BCUT2D eigenvalue weighted by molar-refractivity contribution is 8.15. The third-order valence-electron chi connectivity index (χ3n) is 6.49. The van der Waals surface area contributed by atoms with Crippen molar-refractivity contribution in [3.05, 3.63) is 89.7 Å². The summed E-state index contributed by atoms with van der Waals surface area (Å²) in [6.07, 6.45) is -3.27. The number of nitrogens with zero attached hydrogens (tertiary/aromatic N) is 5. The van der Waals surface area contributed by atoms with E-state index in [0.717, 1.165) is 27.9 Å². The Labute approximate surface area is 256 Å². The number of alkyl halides is 3. The Hall–Kier alpha value is -4.23. The number of hydrogen-bond donors (Lipinski definition) is 1. The molecule has 1 aliphatic heterocycles. The largest absolute Gasteiger partial charge is 0.573 e. The second kappa shape index (κ2) is 12.6. The molecule has 0 radical (unpaired) electrons. The lowest BCUT2D eigenvalue weighted by Gasteiger charge is -2.22. The van der Waals surface area contributed by atoms with Gasteiger partial charge in [0.1, 0.15) is 12.1 Å². The fourth-order valence-corrected chi connectivity index (χ4v) is 5.50. The number of hydrogen-bond acceptors (Lipinski definition) is 6. The molecule has 8 nitrogen and oxygen atoms in total. The van der Waals surface area contributed by atoms with Crippen LogP contribution in [0.4, 0.5) is 18.9 Å². The average Bonchev–Trinajstić information content (AvgIpc) is 3.59. The summed E-state index contributed by atoms with van der Waals surface area (Å²) >= 11 is 6.85. The van der Waals surface area contributed by atoms with Crippen molar-refractivity contribution in [1.82, 2.24) is 20.1 Å². The zero-order valence-corrected chi connectivity index (χ0v) is 25.1. The molecule has 1 saturated heterocycles. The quantitative estimate of drug-likeness (QED) is 0.227. The molecular formula is C30H27F3N6O2S2. The van der Waals surface area contributed by atoms with E-state index >= 15 is 0 Å². The number of aromatic nitrogens is 3. The Kier molecular flexibility index (Phi) is 8.83. The molecule has 1 aliphatic rings. The standard InChI is InChI=1S/C30H27F3N6O2S2/c1-18(2)24-14-19(3)4-13-25(24)39-26(40)16-43-29(39)36-28(42)34-15-20-5-7-21(8-6-20)27-35-17-38(37-27)22-9-11-23(12-10-22)41-30(31,32)33/h4-14,17-18H,15-16H2,1-3H3,(H,34,42). The van der Waals surface area contributed by atoms with Gasteiger partial charge in [-0.1, -0.05) is 67.6 Å². The van der Waals surface area contributed by atoms with E-state index in [1.165, 1.54) is 47.0 Å². The summed E-state index contributed by atoms with van der Waals surface area (Å²) in [4.78, 5) is 23.3. The van der Waals surface area contributed by atoms with Crippen molar-refractivity contribution in [3.8, 4) is 22.8 Å². The van der Waals surface area contributed by atoms with Gasteiger partial charge in [-0.2, -0.15) is 4.99 Å². The number of aliphatic imine (C=N–C) groups is 1. The molecule has 0 atom stereocenters. The van der Waals surface area contributed by atoms with Gasteiger partial charge in [0.2, 0.25) is 5.91 Å². The second-order valence-corrected chi connectivity index (χ2v) is 11.4. The number of aryl methyl sites for hydroxylation is 1. The normalized spacial score (nSPS) is 14.5. The van der Waals surface area contributed by atoms with Crippen LogP contribution in [-0.4, -0.2) is 43.1 Å². The number of amidine groups is 1. The molecule has 43 heavy (non-hydrogen) atoms. The van der Waals surface area contributed by atoms with Gasteiger partial charge in [-0.15, -0.1) is 18.3 Å². The average molecular weight is 625 g/mol. The first-order valence-electron chi connectivity index (χ1n) is 13.3. The van der Waals surface area contributed by atoms with Crippen molar-refractivity contribution in [2.75, 3.05) is 10.7 Å². The predicted octanol–water partition coefficient (Wildman–Crippen LogP) is 6.78. The molecule has 222 valence electrons. The van der Waals surface area contributed by atoms with Gasteiger partial charge in [0.15, 0.2) is 16.1 Å². The Morgan fingerprint density at radius 3 is 2.51 bits per heavy atom. The van der Waals surface area contributed by atoms with Crippen LogP contribution in [-0.2, 0) is 11.3 Å².